The van der Waals surface area contributed by atoms with Gasteiger partial charge in [0.1, 0.15) is 0 Å². The number of hydrogen-bond donors (Lipinski definition) is 0. The maximum atomic E-state index is 12.3. The van der Waals surface area contributed by atoms with Gasteiger partial charge in [0, 0.05) is 16.5 Å². The Labute approximate surface area is 114 Å². The lowest BCUT2D eigenvalue weighted by Gasteiger charge is -2.08. The molecule has 3 heteroatoms. The van der Waals surface area contributed by atoms with Gasteiger partial charge in [0.05, 0.1) is 3.79 Å². The minimum absolute atomic E-state index is 0.104. The standard InChI is InChI=1S/C14H13BrOS/c1-8-4-10(3)12(5-9(8)2)14(16)11-6-13(15)17-7-11/h4-7H,1-3H3. The smallest absolute Gasteiger partial charge is 0.194 e. The van der Waals surface area contributed by atoms with Crippen molar-refractivity contribution in [2.45, 2.75) is 20.8 Å². The zero-order chi connectivity index (χ0) is 12.6. The number of halogens is 1. The molecule has 88 valence electrons. The first-order chi connectivity index (χ1) is 7.99. The summed E-state index contributed by atoms with van der Waals surface area (Å²) >= 11 is 4.92. The summed E-state index contributed by atoms with van der Waals surface area (Å²) in [5.74, 6) is 0.104. The second kappa shape index (κ2) is 4.75. The maximum Gasteiger partial charge on any atom is 0.194 e. The molecule has 0 aliphatic heterocycles. The van der Waals surface area contributed by atoms with E-state index in [4.69, 9.17) is 0 Å². The Kier molecular flexibility index (Phi) is 3.50. The van der Waals surface area contributed by atoms with Crippen LogP contribution < -0.4 is 0 Å². The van der Waals surface area contributed by atoms with Gasteiger partial charge in [0.2, 0.25) is 0 Å². The monoisotopic (exact) mass is 308 g/mol. The second-order valence-corrected chi connectivity index (χ2v) is 6.51. The predicted octanol–water partition coefficient (Wildman–Crippen LogP) is 4.67. The van der Waals surface area contributed by atoms with Crippen molar-refractivity contribution in [1.82, 2.24) is 0 Å². The third-order valence-electron chi connectivity index (χ3n) is 2.91. The first-order valence-corrected chi connectivity index (χ1v) is 7.03. The number of ketones is 1. The van der Waals surface area contributed by atoms with Crippen LogP contribution in [0.25, 0.3) is 0 Å². The van der Waals surface area contributed by atoms with E-state index < -0.39 is 0 Å². The Balaban J connectivity index is 2.47. The van der Waals surface area contributed by atoms with Gasteiger partial charge in [-0.05, 0) is 65.5 Å². The van der Waals surface area contributed by atoms with Crippen molar-refractivity contribution in [3.63, 3.8) is 0 Å². The van der Waals surface area contributed by atoms with Crippen molar-refractivity contribution >= 4 is 33.0 Å². The van der Waals surface area contributed by atoms with Crippen LogP contribution in [-0.4, -0.2) is 5.78 Å². The highest BCUT2D eigenvalue weighted by Gasteiger charge is 2.14. The van der Waals surface area contributed by atoms with Crippen LogP contribution in [-0.2, 0) is 0 Å². The van der Waals surface area contributed by atoms with E-state index in [9.17, 15) is 4.79 Å². The fourth-order valence-corrected chi connectivity index (χ4v) is 2.93. The third kappa shape index (κ3) is 2.50. The Bertz CT molecular complexity index is 584. The van der Waals surface area contributed by atoms with Crippen LogP contribution in [0.2, 0.25) is 0 Å². The molecule has 17 heavy (non-hydrogen) atoms. The SMILES string of the molecule is Cc1cc(C)c(C(=O)c2csc(Br)c2)cc1C. The van der Waals surface area contributed by atoms with Crippen LogP contribution in [0.3, 0.4) is 0 Å². The van der Waals surface area contributed by atoms with E-state index in [1.807, 2.05) is 31.4 Å². The molecule has 1 aromatic heterocycles. The van der Waals surface area contributed by atoms with Gasteiger partial charge in [-0.1, -0.05) is 6.07 Å². The quantitative estimate of drug-likeness (QED) is 0.737. The normalized spacial score (nSPS) is 10.6. The first kappa shape index (κ1) is 12.5. The van der Waals surface area contributed by atoms with E-state index in [0.717, 1.165) is 26.0 Å². The second-order valence-electron chi connectivity index (χ2n) is 4.22. The summed E-state index contributed by atoms with van der Waals surface area (Å²) in [4.78, 5) is 12.3. The van der Waals surface area contributed by atoms with Crippen molar-refractivity contribution in [2.75, 3.05) is 0 Å². The summed E-state index contributed by atoms with van der Waals surface area (Å²) in [5.41, 5.74) is 4.99. The predicted molar refractivity (Wildman–Crippen MR) is 76.1 cm³/mol. The maximum absolute atomic E-state index is 12.3. The molecule has 0 aliphatic rings. The van der Waals surface area contributed by atoms with Crippen LogP contribution in [0.5, 0.6) is 0 Å². The van der Waals surface area contributed by atoms with Gasteiger partial charge in [-0.25, -0.2) is 0 Å². The molecule has 1 heterocycles. The van der Waals surface area contributed by atoms with Gasteiger partial charge in [-0.15, -0.1) is 11.3 Å². The third-order valence-corrected chi connectivity index (χ3v) is 4.42. The molecule has 0 aliphatic carbocycles. The molecule has 0 unspecified atom stereocenters. The molecule has 0 fully saturated rings. The Morgan fingerprint density at radius 3 is 2.29 bits per heavy atom. The lowest BCUT2D eigenvalue weighted by atomic mass is 9.96. The fourth-order valence-electron chi connectivity index (χ4n) is 1.79. The summed E-state index contributed by atoms with van der Waals surface area (Å²) in [6.45, 7) is 6.09. The zero-order valence-electron chi connectivity index (χ0n) is 10.0. The Morgan fingerprint density at radius 1 is 1.06 bits per heavy atom. The average Bonchev–Trinajstić information content (AvgIpc) is 2.69. The van der Waals surface area contributed by atoms with Crippen LogP contribution in [0, 0.1) is 20.8 Å². The number of carbonyl (C=O) groups is 1. The number of hydrogen-bond acceptors (Lipinski definition) is 2. The van der Waals surface area contributed by atoms with Gasteiger partial charge in [-0.2, -0.15) is 0 Å². The van der Waals surface area contributed by atoms with Crippen molar-refractivity contribution in [3.8, 4) is 0 Å². The molecule has 0 bridgehead atoms. The Morgan fingerprint density at radius 2 is 1.71 bits per heavy atom. The first-order valence-electron chi connectivity index (χ1n) is 5.35. The number of carbonyl (C=O) groups excluding carboxylic acids is 1. The van der Waals surface area contributed by atoms with E-state index in [1.54, 1.807) is 0 Å². The number of thiophene rings is 1. The Hall–Kier alpha value is -0.930. The van der Waals surface area contributed by atoms with Gasteiger partial charge < -0.3 is 0 Å². The van der Waals surface area contributed by atoms with Crippen LogP contribution in [0.15, 0.2) is 27.4 Å². The topological polar surface area (TPSA) is 17.1 Å². The highest BCUT2D eigenvalue weighted by Crippen LogP contribution is 2.25. The summed E-state index contributed by atoms with van der Waals surface area (Å²) in [5, 5.41) is 1.89. The van der Waals surface area contributed by atoms with Gasteiger partial charge in [-0.3, -0.25) is 4.79 Å². The van der Waals surface area contributed by atoms with E-state index in [0.29, 0.717) is 0 Å². The van der Waals surface area contributed by atoms with E-state index >= 15 is 0 Å². The van der Waals surface area contributed by atoms with E-state index in [-0.39, 0.29) is 5.78 Å². The van der Waals surface area contributed by atoms with Crippen molar-refractivity contribution in [3.05, 3.63) is 55.2 Å². The molecule has 1 aromatic carbocycles. The van der Waals surface area contributed by atoms with Gasteiger partial charge in [0.25, 0.3) is 0 Å². The molecule has 0 radical (unpaired) electrons. The zero-order valence-corrected chi connectivity index (χ0v) is 12.4. The minimum Gasteiger partial charge on any atom is -0.289 e. The molecule has 2 rings (SSSR count). The van der Waals surface area contributed by atoms with Crippen molar-refractivity contribution in [2.24, 2.45) is 0 Å². The van der Waals surface area contributed by atoms with Gasteiger partial charge in [0.15, 0.2) is 5.78 Å². The number of rotatable bonds is 2. The lowest BCUT2D eigenvalue weighted by molar-refractivity contribution is 0.103. The van der Waals surface area contributed by atoms with Crippen LogP contribution >= 0.6 is 27.3 Å². The largest absolute Gasteiger partial charge is 0.289 e. The van der Waals surface area contributed by atoms with E-state index in [1.165, 1.54) is 16.9 Å². The van der Waals surface area contributed by atoms with Gasteiger partial charge >= 0.3 is 0 Å². The average molecular weight is 309 g/mol. The molecule has 2 aromatic rings. The molecule has 0 saturated carbocycles. The highest BCUT2D eigenvalue weighted by atomic mass is 79.9. The lowest BCUT2D eigenvalue weighted by Crippen LogP contribution is -2.03. The highest BCUT2D eigenvalue weighted by molar-refractivity contribution is 9.11. The molecule has 0 spiro atoms. The number of benzene rings is 1. The van der Waals surface area contributed by atoms with Crippen LogP contribution in [0.4, 0.5) is 0 Å². The minimum atomic E-state index is 0.104. The molecule has 0 atom stereocenters. The molecule has 0 amide bonds. The van der Waals surface area contributed by atoms with Crippen molar-refractivity contribution < 1.29 is 4.79 Å². The molecular formula is C14H13BrOS. The molecule has 0 N–H and O–H groups in total. The van der Waals surface area contributed by atoms with E-state index in [2.05, 4.69) is 28.9 Å². The summed E-state index contributed by atoms with van der Waals surface area (Å²) < 4.78 is 0.988. The summed E-state index contributed by atoms with van der Waals surface area (Å²) in [7, 11) is 0. The van der Waals surface area contributed by atoms with Crippen molar-refractivity contribution in [1.29, 1.82) is 0 Å². The fraction of sp³-hybridized carbons (Fsp3) is 0.214. The van der Waals surface area contributed by atoms with Crippen LogP contribution in [0.1, 0.15) is 32.6 Å². The molecule has 1 nitrogen and oxygen atoms in total. The molecular weight excluding hydrogens is 296 g/mol. The summed E-state index contributed by atoms with van der Waals surface area (Å²) in [6.07, 6.45) is 0. The number of aryl methyl sites for hydroxylation is 3. The molecule has 0 saturated heterocycles. The summed E-state index contributed by atoms with van der Waals surface area (Å²) in [6, 6.07) is 5.93.